The lowest BCUT2D eigenvalue weighted by atomic mass is 9.57. The van der Waals surface area contributed by atoms with Crippen LogP contribution in [0.3, 0.4) is 0 Å². The second-order valence-electron chi connectivity index (χ2n) is 7.33. The Morgan fingerprint density at radius 3 is 3.12 bits per heavy atom. The zero-order valence-electron chi connectivity index (χ0n) is 14.5. The summed E-state index contributed by atoms with van der Waals surface area (Å²) in [5.74, 6) is 1.20. The zero-order chi connectivity index (χ0) is 17.4. The molecule has 7 heteroatoms. The SMILES string of the molecule is CC1(C)[C@H](NC(=O)NCc2cccnc2-n2ccnc2)[C@H]2CCO[C@H]21. The number of imidazole rings is 1. The highest BCUT2D eigenvalue weighted by Gasteiger charge is 2.59. The van der Waals surface area contributed by atoms with Gasteiger partial charge in [-0.3, -0.25) is 4.57 Å². The lowest BCUT2D eigenvalue weighted by Crippen LogP contribution is -2.67. The summed E-state index contributed by atoms with van der Waals surface area (Å²) in [4.78, 5) is 20.8. The van der Waals surface area contributed by atoms with Crippen LogP contribution >= 0.6 is 0 Å². The molecule has 2 fully saturated rings. The van der Waals surface area contributed by atoms with Gasteiger partial charge in [0.15, 0.2) is 0 Å². The lowest BCUT2D eigenvalue weighted by molar-refractivity contribution is -0.108. The van der Waals surface area contributed by atoms with Crippen LogP contribution in [-0.2, 0) is 11.3 Å². The Kier molecular flexibility index (Phi) is 3.95. The Hall–Kier alpha value is -2.41. The van der Waals surface area contributed by atoms with Crippen LogP contribution in [-0.4, -0.2) is 39.3 Å². The van der Waals surface area contributed by atoms with E-state index in [-0.39, 0.29) is 23.6 Å². The molecule has 3 heterocycles. The van der Waals surface area contributed by atoms with E-state index in [1.807, 2.05) is 22.9 Å². The number of hydrogen-bond acceptors (Lipinski definition) is 4. The number of nitrogens with one attached hydrogen (secondary N) is 2. The van der Waals surface area contributed by atoms with Crippen molar-refractivity contribution in [3.63, 3.8) is 0 Å². The summed E-state index contributed by atoms with van der Waals surface area (Å²) in [6, 6.07) is 3.83. The average Bonchev–Trinajstić information content (AvgIpc) is 3.28. The van der Waals surface area contributed by atoms with E-state index in [0.717, 1.165) is 24.4 Å². The van der Waals surface area contributed by atoms with Gasteiger partial charge in [0.1, 0.15) is 12.1 Å². The fourth-order valence-corrected chi connectivity index (χ4v) is 4.17. The normalized spacial score (nSPS) is 26.6. The van der Waals surface area contributed by atoms with Gasteiger partial charge in [-0.25, -0.2) is 14.8 Å². The van der Waals surface area contributed by atoms with Crippen molar-refractivity contribution in [2.24, 2.45) is 11.3 Å². The van der Waals surface area contributed by atoms with Crippen LogP contribution in [0.1, 0.15) is 25.8 Å². The molecule has 2 N–H and O–H groups in total. The van der Waals surface area contributed by atoms with Gasteiger partial charge < -0.3 is 15.4 Å². The van der Waals surface area contributed by atoms with E-state index in [1.54, 1.807) is 18.7 Å². The van der Waals surface area contributed by atoms with E-state index in [1.165, 1.54) is 0 Å². The first-order chi connectivity index (χ1) is 12.1. The molecule has 2 amide bonds. The van der Waals surface area contributed by atoms with E-state index < -0.39 is 0 Å². The van der Waals surface area contributed by atoms with E-state index in [0.29, 0.717) is 12.5 Å². The Balaban J connectivity index is 1.39. The molecule has 0 bridgehead atoms. The molecule has 1 saturated heterocycles. The van der Waals surface area contributed by atoms with E-state index in [9.17, 15) is 4.79 Å². The number of carbonyl (C=O) groups is 1. The van der Waals surface area contributed by atoms with Crippen LogP contribution in [0.2, 0.25) is 0 Å². The number of ether oxygens (including phenoxy) is 1. The van der Waals surface area contributed by atoms with Crippen LogP contribution in [0.5, 0.6) is 0 Å². The van der Waals surface area contributed by atoms with E-state index in [4.69, 9.17) is 4.74 Å². The summed E-state index contributed by atoms with van der Waals surface area (Å²) in [5.41, 5.74) is 0.917. The summed E-state index contributed by atoms with van der Waals surface area (Å²) in [5, 5.41) is 6.09. The molecule has 2 aromatic heterocycles. The molecule has 1 aliphatic carbocycles. The molecule has 25 heavy (non-hydrogen) atoms. The highest BCUT2D eigenvalue weighted by molar-refractivity contribution is 5.74. The molecular weight excluding hydrogens is 318 g/mol. The molecule has 132 valence electrons. The Bertz CT molecular complexity index is 759. The van der Waals surface area contributed by atoms with Crippen LogP contribution in [0.4, 0.5) is 4.79 Å². The van der Waals surface area contributed by atoms with Gasteiger partial charge in [-0.15, -0.1) is 0 Å². The summed E-state index contributed by atoms with van der Waals surface area (Å²) in [6.07, 6.45) is 8.26. The van der Waals surface area contributed by atoms with Crippen molar-refractivity contribution in [1.82, 2.24) is 25.2 Å². The Morgan fingerprint density at radius 1 is 1.44 bits per heavy atom. The number of pyridine rings is 1. The van der Waals surface area contributed by atoms with Crippen LogP contribution in [0, 0.1) is 11.3 Å². The molecule has 2 aliphatic rings. The maximum absolute atomic E-state index is 12.4. The number of fused-ring (bicyclic) bond motifs is 1. The second-order valence-corrected chi connectivity index (χ2v) is 7.33. The van der Waals surface area contributed by atoms with Crippen LogP contribution in [0.15, 0.2) is 37.1 Å². The van der Waals surface area contributed by atoms with Gasteiger partial charge in [0.25, 0.3) is 0 Å². The number of amides is 2. The van der Waals surface area contributed by atoms with Gasteiger partial charge in [-0.05, 0) is 12.5 Å². The van der Waals surface area contributed by atoms with Crippen molar-refractivity contribution in [2.45, 2.75) is 39.0 Å². The molecule has 7 nitrogen and oxygen atoms in total. The molecule has 0 unspecified atom stereocenters. The predicted molar refractivity (Wildman–Crippen MR) is 92.1 cm³/mol. The van der Waals surface area contributed by atoms with Gasteiger partial charge in [-0.1, -0.05) is 19.9 Å². The molecule has 0 aromatic carbocycles. The monoisotopic (exact) mass is 341 g/mol. The number of aromatic nitrogens is 3. The largest absolute Gasteiger partial charge is 0.377 e. The molecule has 3 atom stereocenters. The molecule has 1 saturated carbocycles. The van der Waals surface area contributed by atoms with Crippen molar-refractivity contribution in [1.29, 1.82) is 0 Å². The fraction of sp³-hybridized carbons (Fsp3) is 0.500. The number of rotatable bonds is 4. The van der Waals surface area contributed by atoms with E-state index >= 15 is 0 Å². The zero-order valence-corrected chi connectivity index (χ0v) is 14.5. The molecular formula is C18H23N5O2. The number of nitrogens with zero attached hydrogens (tertiary/aromatic N) is 3. The maximum atomic E-state index is 12.4. The Morgan fingerprint density at radius 2 is 2.32 bits per heavy atom. The molecule has 1 aliphatic heterocycles. The maximum Gasteiger partial charge on any atom is 0.315 e. The van der Waals surface area contributed by atoms with Crippen molar-refractivity contribution in [3.05, 3.63) is 42.6 Å². The van der Waals surface area contributed by atoms with E-state index in [2.05, 4.69) is 34.4 Å². The standard InChI is InChI=1S/C18H23N5O2/c1-18(2)14(13-5-9-25-15(13)18)22-17(24)21-10-12-4-3-6-20-16(12)23-8-7-19-11-23/h3-4,6-8,11,13-15H,5,9-10H2,1-2H3,(H2,21,22,24)/t13-,14-,15-/m1/s1. The molecule has 4 rings (SSSR count). The third kappa shape index (κ3) is 2.78. The number of carbonyl (C=O) groups excluding carboxylic acids is 1. The van der Waals surface area contributed by atoms with Crippen molar-refractivity contribution in [2.75, 3.05) is 6.61 Å². The van der Waals surface area contributed by atoms with Crippen LogP contribution < -0.4 is 10.6 Å². The number of urea groups is 1. The van der Waals surface area contributed by atoms with Crippen molar-refractivity contribution >= 4 is 6.03 Å². The highest BCUT2D eigenvalue weighted by atomic mass is 16.5. The predicted octanol–water partition coefficient (Wildman–Crippen LogP) is 1.88. The minimum atomic E-state index is -0.149. The number of hydrogen-bond donors (Lipinski definition) is 2. The second kappa shape index (κ2) is 6.15. The lowest BCUT2D eigenvalue weighted by Gasteiger charge is -2.54. The quantitative estimate of drug-likeness (QED) is 0.890. The minimum absolute atomic E-state index is 0.0191. The summed E-state index contributed by atoms with van der Waals surface area (Å²) >= 11 is 0. The first-order valence-corrected chi connectivity index (χ1v) is 8.65. The minimum Gasteiger partial charge on any atom is -0.377 e. The topological polar surface area (TPSA) is 81.1 Å². The average molecular weight is 341 g/mol. The third-order valence-electron chi connectivity index (χ3n) is 5.44. The van der Waals surface area contributed by atoms with Crippen molar-refractivity contribution < 1.29 is 9.53 Å². The smallest absolute Gasteiger partial charge is 0.315 e. The van der Waals surface area contributed by atoms with Gasteiger partial charge in [0.2, 0.25) is 0 Å². The summed E-state index contributed by atoms with van der Waals surface area (Å²) in [6.45, 7) is 5.51. The first kappa shape index (κ1) is 16.1. The fourth-order valence-electron chi connectivity index (χ4n) is 4.17. The van der Waals surface area contributed by atoms with Gasteiger partial charge in [0.05, 0.1) is 6.10 Å². The summed E-state index contributed by atoms with van der Waals surface area (Å²) in [7, 11) is 0. The molecule has 2 aromatic rings. The van der Waals surface area contributed by atoms with Gasteiger partial charge >= 0.3 is 6.03 Å². The summed E-state index contributed by atoms with van der Waals surface area (Å²) < 4.78 is 7.61. The van der Waals surface area contributed by atoms with Crippen molar-refractivity contribution in [3.8, 4) is 5.82 Å². The first-order valence-electron chi connectivity index (χ1n) is 8.65. The third-order valence-corrected chi connectivity index (χ3v) is 5.44. The van der Waals surface area contributed by atoms with Gasteiger partial charge in [-0.2, -0.15) is 0 Å². The van der Waals surface area contributed by atoms with Gasteiger partial charge in [0, 0.05) is 54.7 Å². The Labute approximate surface area is 146 Å². The highest BCUT2D eigenvalue weighted by Crippen LogP contribution is 2.52. The molecule has 0 spiro atoms. The van der Waals surface area contributed by atoms with Crippen LogP contribution in [0.25, 0.3) is 5.82 Å². The molecule has 0 radical (unpaired) electrons.